The number of benzene rings is 1. The highest BCUT2D eigenvalue weighted by Gasteiger charge is 2.51. The lowest BCUT2D eigenvalue weighted by Crippen LogP contribution is -2.46. The highest BCUT2D eigenvalue weighted by atomic mass is 32.2. The molecule has 25 heavy (non-hydrogen) atoms. The van der Waals surface area contributed by atoms with E-state index in [1.54, 1.807) is 0 Å². The summed E-state index contributed by atoms with van der Waals surface area (Å²) in [4.78, 5) is 11.6. The van der Waals surface area contributed by atoms with Crippen molar-refractivity contribution in [3.05, 3.63) is 24.3 Å². The van der Waals surface area contributed by atoms with Crippen molar-refractivity contribution in [2.24, 2.45) is 5.92 Å². The summed E-state index contributed by atoms with van der Waals surface area (Å²) in [6.45, 7) is 0. The number of carbonyl (C=O) groups is 1. The SMILES string of the molecule is CS(=O)(=O)c1ccc(S(=O)(=O)N2C(C(=O)O)CC3CCCCC32)cc1. The Morgan fingerprint density at radius 2 is 1.60 bits per heavy atom. The molecule has 3 atom stereocenters. The van der Waals surface area contributed by atoms with E-state index >= 15 is 0 Å². The van der Waals surface area contributed by atoms with E-state index in [0.717, 1.165) is 29.8 Å². The summed E-state index contributed by atoms with van der Waals surface area (Å²) in [6.07, 6.45) is 4.75. The monoisotopic (exact) mass is 387 g/mol. The van der Waals surface area contributed by atoms with Crippen molar-refractivity contribution in [3.8, 4) is 0 Å². The van der Waals surface area contributed by atoms with Gasteiger partial charge < -0.3 is 5.11 Å². The zero-order valence-corrected chi connectivity index (χ0v) is 15.5. The molecule has 1 aromatic rings. The number of nitrogens with zero attached hydrogens (tertiary/aromatic N) is 1. The summed E-state index contributed by atoms with van der Waals surface area (Å²) in [5, 5.41) is 9.51. The number of hydrogen-bond donors (Lipinski definition) is 1. The van der Waals surface area contributed by atoms with Crippen LogP contribution in [0.15, 0.2) is 34.1 Å². The van der Waals surface area contributed by atoms with Crippen LogP contribution >= 0.6 is 0 Å². The molecule has 1 saturated carbocycles. The van der Waals surface area contributed by atoms with Crippen molar-refractivity contribution < 1.29 is 26.7 Å². The molecule has 0 radical (unpaired) electrons. The molecule has 1 heterocycles. The van der Waals surface area contributed by atoms with Gasteiger partial charge in [-0.1, -0.05) is 12.8 Å². The predicted molar refractivity (Wildman–Crippen MR) is 90.4 cm³/mol. The Hall–Kier alpha value is -1.45. The van der Waals surface area contributed by atoms with E-state index in [0.29, 0.717) is 12.8 Å². The molecule has 9 heteroatoms. The molecule has 1 N–H and O–H groups in total. The van der Waals surface area contributed by atoms with Crippen molar-refractivity contribution >= 4 is 25.8 Å². The van der Waals surface area contributed by atoms with Crippen LogP contribution in [0.2, 0.25) is 0 Å². The number of sulfonamides is 1. The van der Waals surface area contributed by atoms with Crippen LogP contribution in [-0.2, 0) is 24.7 Å². The number of carboxylic acid groups (broad SMARTS) is 1. The number of fused-ring (bicyclic) bond motifs is 1. The van der Waals surface area contributed by atoms with E-state index < -0.39 is 31.9 Å². The smallest absolute Gasteiger partial charge is 0.322 e. The topological polar surface area (TPSA) is 109 Å². The normalized spacial score (nSPS) is 27.8. The predicted octanol–water partition coefficient (Wildman–Crippen LogP) is 1.50. The number of hydrogen-bond acceptors (Lipinski definition) is 5. The third-order valence-corrected chi connectivity index (χ3v) is 8.22. The van der Waals surface area contributed by atoms with Gasteiger partial charge in [-0.3, -0.25) is 4.79 Å². The average Bonchev–Trinajstić information content (AvgIpc) is 2.94. The molecule has 0 bridgehead atoms. The van der Waals surface area contributed by atoms with Gasteiger partial charge in [-0.05, 0) is 49.4 Å². The second kappa shape index (κ2) is 6.37. The molecule has 2 aliphatic rings. The Balaban J connectivity index is 2.00. The molecule has 1 aliphatic carbocycles. The van der Waals surface area contributed by atoms with E-state index in [9.17, 15) is 26.7 Å². The molecule has 0 spiro atoms. The fraction of sp³-hybridized carbons (Fsp3) is 0.562. The van der Waals surface area contributed by atoms with Crippen LogP contribution in [0.5, 0.6) is 0 Å². The Labute approximate surface area is 147 Å². The molecule has 2 fully saturated rings. The summed E-state index contributed by atoms with van der Waals surface area (Å²) in [5.41, 5.74) is 0. The minimum atomic E-state index is -4.01. The maximum absolute atomic E-state index is 13.1. The van der Waals surface area contributed by atoms with Gasteiger partial charge in [-0.15, -0.1) is 0 Å². The van der Waals surface area contributed by atoms with E-state index in [2.05, 4.69) is 0 Å². The van der Waals surface area contributed by atoms with Crippen molar-refractivity contribution in [2.45, 2.75) is 54.0 Å². The third kappa shape index (κ3) is 3.32. The van der Waals surface area contributed by atoms with Crippen molar-refractivity contribution in [1.29, 1.82) is 0 Å². The third-order valence-electron chi connectivity index (χ3n) is 5.14. The maximum atomic E-state index is 13.1. The minimum Gasteiger partial charge on any atom is -0.480 e. The lowest BCUT2D eigenvalue weighted by molar-refractivity contribution is -0.141. The van der Waals surface area contributed by atoms with E-state index in [4.69, 9.17) is 0 Å². The molecule has 1 aliphatic heterocycles. The van der Waals surface area contributed by atoms with Gasteiger partial charge >= 0.3 is 5.97 Å². The molecule has 0 aromatic heterocycles. The molecule has 138 valence electrons. The van der Waals surface area contributed by atoms with Gasteiger partial charge in [0.05, 0.1) is 9.79 Å². The molecule has 1 aromatic carbocycles. The van der Waals surface area contributed by atoms with Gasteiger partial charge in [-0.25, -0.2) is 16.8 Å². The Morgan fingerprint density at radius 3 is 2.16 bits per heavy atom. The van der Waals surface area contributed by atoms with Crippen LogP contribution in [0.4, 0.5) is 0 Å². The standard InChI is InChI=1S/C16H21NO6S2/c1-24(20,21)12-6-8-13(9-7-12)25(22,23)17-14-5-3-2-4-11(14)10-15(17)16(18)19/h6-9,11,14-15H,2-5,10H2,1H3,(H,18,19). The second-order valence-electron chi connectivity index (χ2n) is 6.78. The number of aliphatic carboxylic acids is 1. The summed E-state index contributed by atoms with van der Waals surface area (Å²) in [7, 11) is -7.44. The minimum absolute atomic E-state index is 0.0261. The number of rotatable bonds is 4. The van der Waals surface area contributed by atoms with Crippen molar-refractivity contribution in [3.63, 3.8) is 0 Å². The molecular formula is C16H21NO6S2. The van der Waals surface area contributed by atoms with Crippen LogP contribution < -0.4 is 0 Å². The van der Waals surface area contributed by atoms with Crippen LogP contribution in [-0.4, -0.2) is 50.6 Å². The largest absolute Gasteiger partial charge is 0.480 e. The van der Waals surface area contributed by atoms with E-state index in [-0.39, 0.29) is 21.8 Å². The molecule has 1 saturated heterocycles. The van der Waals surface area contributed by atoms with Gasteiger partial charge in [0.1, 0.15) is 6.04 Å². The maximum Gasteiger partial charge on any atom is 0.322 e. The first-order chi connectivity index (χ1) is 11.6. The average molecular weight is 387 g/mol. The first-order valence-corrected chi connectivity index (χ1v) is 11.5. The summed E-state index contributed by atoms with van der Waals surface area (Å²) in [6, 6.07) is 3.60. The molecule has 3 rings (SSSR count). The summed E-state index contributed by atoms with van der Waals surface area (Å²) < 4.78 is 50.4. The van der Waals surface area contributed by atoms with Gasteiger partial charge in [0.25, 0.3) is 0 Å². The Kier molecular flexibility index (Phi) is 4.67. The zero-order chi connectivity index (χ0) is 18.4. The van der Waals surface area contributed by atoms with Crippen LogP contribution in [0, 0.1) is 5.92 Å². The second-order valence-corrected chi connectivity index (χ2v) is 10.6. The molecule has 3 unspecified atom stereocenters. The van der Waals surface area contributed by atoms with Crippen molar-refractivity contribution in [1.82, 2.24) is 4.31 Å². The summed E-state index contributed by atoms with van der Waals surface area (Å²) >= 11 is 0. The van der Waals surface area contributed by atoms with E-state index in [1.165, 1.54) is 24.3 Å². The number of carboxylic acids is 1. The Morgan fingerprint density at radius 1 is 1.04 bits per heavy atom. The Bertz CT molecular complexity index is 876. The zero-order valence-electron chi connectivity index (χ0n) is 13.8. The fourth-order valence-electron chi connectivity index (χ4n) is 3.96. The van der Waals surface area contributed by atoms with Gasteiger partial charge in [-0.2, -0.15) is 4.31 Å². The highest BCUT2D eigenvalue weighted by molar-refractivity contribution is 7.90. The number of sulfone groups is 1. The summed E-state index contributed by atoms with van der Waals surface area (Å²) in [5.74, 6) is -1.06. The van der Waals surface area contributed by atoms with Gasteiger partial charge in [0, 0.05) is 12.3 Å². The first kappa shape index (κ1) is 18.3. The van der Waals surface area contributed by atoms with E-state index in [1.807, 2.05) is 0 Å². The van der Waals surface area contributed by atoms with Crippen LogP contribution in [0.1, 0.15) is 32.1 Å². The lowest BCUT2D eigenvalue weighted by atomic mass is 9.85. The van der Waals surface area contributed by atoms with Gasteiger partial charge in [0.15, 0.2) is 9.84 Å². The van der Waals surface area contributed by atoms with Crippen LogP contribution in [0.25, 0.3) is 0 Å². The fourth-order valence-corrected chi connectivity index (χ4v) is 6.46. The highest BCUT2D eigenvalue weighted by Crippen LogP contribution is 2.42. The molecule has 0 amide bonds. The molecule has 7 nitrogen and oxygen atoms in total. The quantitative estimate of drug-likeness (QED) is 0.838. The first-order valence-electron chi connectivity index (χ1n) is 8.19. The van der Waals surface area contributed by atoms with Gasteiger partial charge in [0.2, 0.25) is 10.0 Å². The lowest BCUT2D eigenvalue weighted by Gasteiger charge is -2.32. The van der Waals surface area contributed by atoms with Crippen LogP contribution in [0.3, 0.4) is 0 Å². The molecular weight excluding hydrogens is 366 g/mol. The van der Waals surface area contributed by atoms with Crippen molar-refractivity contribution in [2.75, 3.05) is 6.26 Å².